The number of hydrogen-bond donors (Lipinski definition) is 0. The number of carbonyl (C=O) groups is 1. The van der Waals surface area contributed by atoms with Gasteiger partial charge < -0.3 is 9.80 Å². The van der Waals surface area contributed by atoms with Crippen molar-refractivity contribution in [1.82, 2.24) is 34.9 Å². The van der Waals surface area contributed by atoms with Crippen LogP contribution in [-0.2, 0) is 11.3 Å². The molecule has 0 aliphatic carbocycles. The summed E-state index contributed by atoms with van der Waals surface area (Å²) in [6.07, 6.45) is 2.66. The molecule has 150 valence electrons. The van der Waals surface area contributed by atoms with Crippen LogP contribution in [0.4, 0.5) is 0 Å². The second-order valence-electron chi connectivity index (χ2n) is 7.42. The molecule has 9 heteroatoms. The molecule has 0 spiro atoms. The molecule has 2 aliphatic rings. The number of carbonyl (C=O) groups excluding carboxylic acids is 1. The van der Waals surface area contributed by atoms with Crippen molar-refractivity contribution in [1.29, 1.82) is 0 Å². The summed E-state index contributed by atoms with van der Waals surface area (Å²) in [7, 11) is 0. The summed E-state index contributed by atoms with van der Waals surface area (Å²) in [5.41, 5.74) is 0.828. The molecule has 0 bridgehead atoms. The average Bonchev–Trinajstić information content (AvgIpc) is 3.39. The van der Waals surface area contributed by atoms with Gasteiger partial charge in [-0.15, -0.1) is 10.2 Å². The Balaban J connectivity index is 1.24. The summed E-state index contributed by atoms with van der Waals surface area (Å²) in [6.45, 7) is 8.22. The first-order valence-corrected chi connectivity index (χ1v) is 10.3. The van der Waals surface area contributed by atoms with Crippen molar-refractivity contribution >= 4 is 17.5 Å². The van der Waals surface area contributed by atoms with Gasteiger partial charge >= 0.3 is 0 Å². The van der Waals surface area contributed by atoms with E-state index in [0.29, 0.717) is 10.8 Å². The zero-order valence-electron chi connectivity index (χ0n) is 16.0. The molecule has 0 radical (unpaired) electrons. The fourth-order valence-corrected chi connectivity index (χ4v) is 3.88. The number of benzene rings is 1. The Morgan fingerprint density at radius 2 is 1.57 bits per heavy atom. The van der Waals surface area contributed by atoms with E-state index in [1.54, 1.807) is 12.1 Å². The Labute approximate surface area is 170 Å². The van der Waals surface area contributed by atoms with Crippen LogP contribution in [0.15, 0.2) is 24.3 Å². The Bertz CT molecular complexity index is 780. The van der Waals surface area contributed by atoms with E-state index < -0.39 is 0 Å². The molecular weight excluding hydrogens is 378 g/mol. The first kappa shape index (κ1) is 19.3. The van der Waals surface area contributed by atoms with Gasteiger partial charge in [0.1, 0.15) is 6.54 Å². The molecule has 0 saturated carbocycles. The Morgan fingerprint density at radius 3 is 2.25 bits per heavy atom. The fraction of sp³-hybridized carbons (Fsp3) is 0.579. The van der Waals surface area contributed by atoms with Crippen molar-refractivity contribution in [3.05, 3.63) is 29.3 Å². The van der Waals surface area contributed by atoms with Gasteiger partial charge in [0.05, 0.1) is 0 Å². The fourth-order valence-electron chi connectivity index (χ4n) is 3.76. The second kappa shape index (κ2) is 8.98. The lowest BCUT2D eigenvalue weighted by Gasteiger charge is -2.35. The van der Waals surface area contributed by atoms with E-state index in [2.05, 4.69) is 25.2 Å². The van der Waals surface area contributed by atoms with E-state index in [1.165, 1.54) is 30.7 Å². The van der Waals surface area contributed by atoms with Crippen LogP contribution in [0.1, 0.15) is 12.8 Å². The summed E-state index contributed by atoms with van der Waals surface area (Å²) >= 11 is 5.90. The van der Waals surface area contributed by atoms with E-state index in [4.69, 9.17) is 11.6 Å². The first-order valence-electron chi connectivity index (χ1n) is 9.93. The molecule has 4 rings (SSSR count). The van der Waals surface area contributed by atoms with E-state index in [0.717, 1.165) is 44.8 Å². The maximum Gasteiger partial charge on any atom is 0.246 e. The Kier molecular flexibility index (Phi) is 6.19. The number of nitrogens with zero attached hydrogens (tertiary/aromatic N) is 7. The molecule has 1 amide bonds. The summed E-state index contributed by atoms with van der Waals surface area (Å²) in [4.78, 5) is 20.8. The van der Waals surface area contributed by atoms with Crippen molar-refractivity contribution in [2.45, 2.75) is 19.4 Å². The largest absolute Gasteiger partial charge is 0.338 e. The van der Waals surface area contributed by atoms with Crippen molar-refractivity contribution in [2.24, 2.45) is 0 Å². The van der Waals surface area contributed by atoms with E-state index in [1.807, 2.05) is 17.0 Å². The SMILES string of the molecule is O=C(Cn1nnc(-c2ccc(Cl)cc2)n1)N1CCN(CCN2CCCC2)CC1. The summed E-state index contributed by atoms with van der Waals surface area (Å²) in [5, 5.41) is 13.0. The molecule has 28 heavy (non-hydrogen) atoms. The molecule has 3 heterocycles. The highest BCUT2D eigenvalue weighted by molar-refractivity contribution is 6.30. The molecule has 8 nitrogen and oxygen atoms in total. The third kappa shape index (κ3) is 4.87. The number of likely N-dealkylation sites (tertiary alicyclic amines) is 1. The number of piperazine rings is 1. The zero-order valence-corrected chi connectivity index (χ0v) is 16.8. The minimum atomic E-state index is 0.0410. The van der Waals surface area contributed by atoms with Gasteiger partial charge in [0.25, 0.3) is 0 Å². The van der Waals surface area contributed by atoms with Crippen molar-refractivity contribution < 1.29 is 4.79 Å². The van der Waals surface area contributed by atoms with E-state index in [-0.39, 0.29) is 12.5 Å². The highest BCUT2D eigenvalue weighted by atomic mass is 35.5. The third-order valence-electron chi connectivity index (χ3n) is 5.49. The molecule has 2 aliphatic heterocycles. The number of rotatable bonds is 6. The minimum absolute atomic E-state index is 0.0410. The molecule has 1 aromatic heterocycles. The zero-order chi connectivity index (χ0) is 19.3. The van der Waals surface area contributed by atoms with Crippen molar-refractivity contribution in [3.8, 4) is 11.4 Å². The molecule has 0 atom stereocenters. The third-order valence-corrected chi connectivity index (χ3v) is 5.74. The second-order valence-corrected chi connectivity index (χ2v) is 7.86. The van der Waals surface area contributed by atoms with Crippen LogP contribution in [0.3, 0.4) is 0 Å². The molecule has 2 aromatic rings. The van der Waals surface area contributed by atoms with Gasteiger partial charge in [-0.3, -0.25) is 9.69 Å². The minimum Gasteiger partial charge on any atom is -0.338 e. The monoisotopic (exact) mass is 403 g/mol. The van der Waals surface area contributed by atoms with Gasteiger partial charge in [0.2, 0.25) is 11.7 Å². The van der Waals surface area contributed by atoms with Crippen LogP contribution in [-0.4, -0.2) is 93.2 Å². The summed E-state index contributed by atoms with van der Waals surface area (Å²) in [5.74, 6) is 0.537. The first-order chi connectivity index (χ1) is 13.7. The number of halogens is 1. The van der Waals surface area contributed by atoms with Crippen LogP contribution in [0, 0.1) is 0 Å². The smallest absolute Gasteiger partial charge is 0.246 e. The van der Waals surface area contributed by atoms with Crippen LogP contribution in [0.5, 0.6) is 0 Å². The maximum atomic E-state index is 12.6. The van der Waals surface area contributed by atoms with Gasteiger partial charge in [-0.05, 0) is 55.4 Å². The lowest BCUT2D eigenvalue weighted by atomic mass is 10.2. The van der Waals surface area contributed by atoms with Crippen LogP contribution >= 0.6 is 11.6 Å². The van der Waals surface area contributed by atoms with Gasteiger partial charge in [-0.1, -0.05) is 11.6 Å². The predicted octanol–water partition coefficient (Wildman–Crippen LogP) is 1.23. The molecule has 2 saturated heterocycles. The lowest BCUT2D eigenvalue weighted by Crippen LogP contribution is -2.51. The van der Waals surface area contributed by atoms with Gasteiger partial charge in [0.15, 0.2) is 0 Å². The van der Waals surface area contributed by atoms with Gasteiger partial charge in [0, 0.05) is 49.9 Å². The van der Waals surface area contributed by atoms with Crippen LogP contribution in [0.25, 0.3) is 11.4 Å². The molecule has 0 unspecified atom stereocenters. The number of amides is 1. The molecule has 2 fully saturated rings. The Hall–Kier alpha value is -2.03. The highest BCUT2D eigenvalue weighted by Crippen LogP contribution is 2.17. The maximum absolute atomic E-state index is 12.6. The topological polar surface area (TPSA) is 70.4 Å². The standard InChI is InChI=1S/C19H26ClN7O/c20-17-5-3-16(4-6-17)19-21-23-27(22-19)15-18(28)26-13-11-25(12-14-26)10-9-24-7-1-2-8-24/h3-6H,1-2,7-15H2. The average molecular weight is 404 g/mol. The van der Waals surface area contributed by atoms with Gasteiger partial charge in [-0.25, -0.2) is 0 Å². The van der Waals surface area contributed by atoms with Crippen LogP contribution < -0.4 is 0 Å². The number of aromatic nitrogens is 4. The molecular formula is C19H26ClN7O. The molecule has 1 aromatic carbocycles. The van der Waals surface area contributed by atoms with E-state index >= 15 is 0 Å². The quantitative estimate of drug-likeness (QED) is 0.722. The predicted molar refractivity (Wildman–Crippen MR) is 107 cm³/mol. The summed E-state index contributed by atoms with van der Waals surface area (Å²) < 4.78 is 0. The number of tetrazole rings is 1. The Morgan fingerprint density at radius 1 is 0.929 bits per heavy atom. The molecule has 0 N–H and O–H groups in total. The normalized spacial score (nSPS) is 18.7. The highest BCUT2D eigenvalue weighted by Gasteiger charge is 2.22. The van der Waals surface area contributed by atoms with Gasteiger partial charge in [-0.2, -0.15) is 4.80 Å². The summed E-state index contributed by atoms with van der Waals surface area (Å²) in [6, 6.07) is 7.25. The van der Waals surface area contributed by atoms with Crippen LogP contribution in [0.2, 0.25) is 5.02 Å². The van der Waals surface area contributed by atoms with Crippen molar-refractivity contribution in [3.63, 3.8) is 0 Å². The lowest BCUT2D eigenvalue weighted by molar-refractivity contribution is -0.134. The number of hydrogen-bond acceptors (Lipinski definition) is 6. The van der Waals surface area contributed by atoms with E-state index in [9.17, 15) is 4.79 Å². The van der Waals surface area contributed by atoms with Crippen molar-refractivity contribution in [2.75, 3.05) is 52.4 Å².